The Kier molecular flexibility index (Phi) is 11.1. The molecule has 8 nitrogen and oxygen atoms in total. The number of rotatable bonds is 11. The number of ether oxygens (including phenoxy) is 4. The standard InChI is InChI=1S/C18H33NO7/c1-17(2,3)25-15(21)7-11-23-12-8-19(9-13-24-14-10-20)16(22)26-18(4,5)6/h10H,7-9,11-14H2,1-6H3. The fourth-order valence-corrected chi connectivity index (χ4v) is 1.75. The SMILES string of the molecule is CC(C)(C)OC(=O)CCOCCN(CCOCC=O)C(=O)OC(C)(C)C. The average molecular weight is 375 g/mol. The molecular formula is C18H33NO7. The van der Waals surface area contributed by atoms with Gasteiger partial charge in [-0.05, 0) is 41.5 Å². The number of hydrogen-bond acceptors (Lipinski definition) is 7. The van der Waals surface area contributed by atoms with Crippen molar-refractivity contribution in [3.63, 3.8) is 0 Å². The van der Waals surface area contributed by atoms with Crippen molar-refractivity contribution >= 4 is 18.3 Å². The molecule has 0 bridgehead atoms. The predicted octanol–water partition coefficient (Wildman–Crippen LogP) is 2.19. The van der Waals surface area contributed by atoms with Gasteiger partial charge in [0.15, 0.2) is 0 Å². The lowest BCUT2D eigenvalue weighted by atomic mass is 10.2. The Hall–Kier alpha value is -1.67. The highest BCUT2D eigenvalue weighted by Gasteiger charge is 2.22. The maximum absolute atomic E-state index is 12.2. The number of carbonyl (C=O) groups is 3. The topological polar surface area (TPSA) is 91.4 Å². The van der Waals surface area contributed by atoms with Gasteiger partial charge in [-0.15, -0.1) is 0 Å². The van der Waals surface area contributed by atoms with E-state index in [0.29, 0.717) is 6.29 Å². The summed E-state index contributed by atoms with van der Waals surface area (Å²) in [5.41, 5.74) is -1.14. The normalized spacial score (nSPS) is 11.8. The van der Waals surface area contributed by atoms with E-state index >= 15 is 0 Å². The average Bonchev–Trinajstić information content (AvgIpc) is 2.45. The van der Waals surface area contributed by atoms with Gasteiger partial charge in [-0.25, -0.2) is 4.79 Å². The highest BCUT2D eigenvalue weighted by atomic mass is 16.6. The zero-order valence-corrected chi connectivity index (χ0v) is 16.8. The van der Waals surface area contributed by atoms with Crippen molar-refractivity contribution in [2.75, 3.05) is 39.5 Å². The molecule has 0 aliphatic carbocycles. The van der Waals surface area contributed by atoms with E-state index in [2.05, 4.69) is 0 Å². The van der Waals surface area contributed by atoms with Gasteiger partial charge in [0.1, 0.15) is 24.1 Å². The van der Waals surface area contributed by atoms with E-state index < -0.39 is 17.3 Å². The van der Waals surface area contributed by atoms with Crippen LogP contribution in [-0.4, -0.2) is 74.0 Å². The molecule has 0 aliphatic rings. The van der Waals surface area contributed by atoms with Crippen molar-refractivity contribution in [2.45, 2.75) is 59.2 Å². The van der Waals surface area contributed by atoms with Crippen molar-refractivity contribution in [2.24, 2.45) is 0 Å². The Morgan fingerprint density at radius 3 is 1.88 bits per heavy atom. The van der Waals surface area contributed by atoms with E-state index in [1.54, 1.807) is 41.5 Å². The van der Waals surface area contributed by atoms with Crippen LogP contribution in [0.2, 0.25) is 0 Å². The first-order chi connectivity index (χ1) is 11.9. The van der Waals surface area contributed by atoms with Crippen molar-refractivity contribution in [3.8, 4) is 0 Å². The van der Waals surface area contributed by atoms with Crippen LogP contribution in [0.25, 0.3) is 0 Å². The smallest absolute Gasteiger partial charge is 0.410 e. The van der Waals surface area contributed by atoms with Crippen LogP contribution in [0.5, 0.6) is 0 Å². The summed E-state index contributed by atoms with van der Waals surface area (Å²) in [6.45, 7) is 12.0. The quantitative estimate of drug-likeness (QED) is 0.310. The van der Waals surface area contributed by atoms with Crippen LogP contribution in [0.1, 0.15) is 48.0 Å². The molecule has 0 spiro atoms. The van der Waals surface area contributed by atoms with E-state index in [1.807, 2.05) is 0 Å². The number of nitrogens with zero attached hydrogens (tertiary/aromatic N) is 1. The fourth-order valence-electron chi connectivity index (χ4n) is 1.75. The van der Waals surface area contributed by atoms with Crippen LogP contribution in [0.3, 0.4) is 0 Å². The summed E-state index contributed by atoms with van der Waals surface area (Å²) < 4.78 is 21.0. The molecule has 0 rings (SSSR count). The Balaban J connectivity index is 4.26. The van der Waals surface area contributed by atoms with Gasteiger partial charge in [-0.2, -0.15) is 0 Å². The molecule has 26 heavy (non-hydrogen) atoms. The highest BCUT2D eigenvalue weighted by molar-refractivity contribution is 5.70. The second-order valence-electron chi connectivity index (χ2n) is 7.66. The summed E-state index contributed by atoms with van der Waals surface area (Å²) in [5.74, 6) is -0.330. The van der Waals surface area contributed by atoms with Gasteiger partial charge in [0.25, 0.3) is 0 Å². The molecule has 0 heterocycles. The Labute approximate surface area is 156 Å². The molecule has 0 N–H and O–H groups in total. The first-order valence-corrected chi connectivity index (χ1v) is 8.73. The Bertz CT molecular complexity index is 438. The molecule has 1 amide bonds. The second-order valence-corrected chi connectivity index (χ2v) is 7.66. The number of carbonyl (C=O) groups excluding carboxylic acids is 3. The van der Waals surface area contributed by atoms with Crippen LogP contribution < -0.4 is 0 Å². The molecule has 0 saturated heterocycles. The molecule has 0 atom stereocenters. The van der Waals surface area contributed by atoms with E-state index in [0.717, 1.165) is 0 Å². The van der Waals surface area contributed by atoms with Crippen molar-refractivity contribution in [1.82, 2.24) is 4.90 Å². The largest absolute Gasteiger partial charge is 0.460 e. The zero-order chi connectivity index (χ0) is 20.2. The van der Waals surface area contributed by atoms with Crippen LogP contribution in [0.4, 0.5) is 4.79 Å². The van der Waals surface area contributed by atoms with Gasteiger partial charge < -0.3 is 28.6 Å². The van der Waals surface area contributed by atoms with Crippen LogP contribution in [0.15, 0.2) is 0 Å². The summed E-state index contributed by atoms with van der Waals surface area (Å²) in [6.07, 6.45) is 0.312. The minimum absolute atomic E-state index is 0.0193. The molecule has 0 saturated carbocycles. The van der Waals surface area contributed by atoms with Gasteiger partial charge in [0.2, 0.25) is 0 Å². The lowest BCUT2D eigenvalue weighted by molar-refractivity contribution is -0.156. The molecule has 0 aromatic rings. The lowest BCUT2D eigenvalue weighted by Crippen LogP contribution is -2.40. The van der Waals surface area contributed by atoms with Gasteiger partial charge in [-0.3, -0.25) is 4.79 Å². The third-order valence-corrected chi connectivity index (χ3v) is 2.72. The summed E-state index contributed by atoms with van der Waals surface area (Å²) in [7, 11) is 0. The summed E-state index contributed by atoms with van der Waals surface area (Å²) in [5, 5.41) is 0. The first kappa shape index (κ1) is 24.3. The molecule has 8 heteroatoms. The van der Waals surface area contributed by atoms with E-state index in [-0.39, 0.29) is 51.9 Å². The van der Waals surface area contributed by atoms with Gasteiger partial charge in [0.05, 0.1) is 26.2 Å². The van der Waals surface area contributed by atoms with Crippen molar-refractivity contribution in [3.05, 3.63) is 0 Å². The first-order valence-electron chi connectivity index (χ1n) is 8.73. The van der Waals surface area contributed by atoms with Crippen molar-refractivity contribution < 1.29 is 33.3 Å². The molecule has 0 fully saturated rings. The number of hydrogen-bond donors (Lipinski definition) is 0. The molecule has 152 valence electrons. The van der Waals surface area contributed by atoms with E-state index in [1.165, 1.54) is 4.90 Å². The summed E-state index contributed by atoms with van der Waals surface area (Å²) in [4.78, 5) is 35.5. The monoisotopic (exact) mass is 375 g/mol. The molecule has 0 aromatic heterocycles. The Morgan fingerprint density at radius 2 is 1.38 bits per heavy atom. The predicted molar refractivity (Wildman–Crippen MR) is 96.0 cm³/mol. The van der Waals surface area contributed by atoms with Crippen LogP contribution in [-0.2, 0) is 28.5 Å². The number of amides is 1. The van der Waals surface area contributed by atoms with Gasteiger partial charge >= 0.3 is 12.1 Å². The van der Waals surface area contributed by atoms with Crippen LogP contribution >= 0.6 is 0 Å². The van der Waals surface area contributed by atoms with Gasteiger partial charge in [0, 0.05) is 13.1 Å². The Morgan fingerprint density at radius 1 is 0.846 bits per heavy atom. The lowest BCUT2D eigenvalue weighted by Gasteiger charge is -2.27. The summed E-state index contributed by atoms with van der Waals surface area (Å²) in [6, 6.07) is 0. The maximum atomic E-state index is 12.2. The molecule has 0 aliphatic heterocycles. The molecule has 0 radical (unpaired) electrons. The summed E-state index contributed by atoms with van der Waals surface area (Å²) >= 11 is 0. The zero-order valence-electron chi connectivity index (χ0n) is 16.8. The van der Waals surface area contributed by atoms with E-state index in [9.17, 15) is 14.4 Å². The highest BCUT2D eigenvalue weighted by Crippen LogP contribution is 2.10. The molecule has 0 aromatic carbocycles. The minimum Gasteiger partial charge on any atom is -0.460 e. The van der Waals surface area contributed by atoms with Gasteiger partial charge in [-0.1, -0.05) is 0 Å². The second kappa shape index (κ2) is 11.9. The fraction of sp³-hybridized carbons (Fsp3) is 0.833. The maximum Gasteiger partial charge on any atom is 0.410 e. The molecule has 0 unspecified atom stereocenters. The third kappa shape index (κ3) is 14.7. The third-order valence-electron chi connectivity index (χ3n) is 2.72. The molecular weight excluding hydrogens is 342 g/mol. The number of esters is 1. The van der Waals surface area contributed by atoms with Crippen LogP contribution in [0, 0.1) is 0 Å². The van der Waals surface area contributed by atoms with Crippen molar-refractivity contribution in [1.29, 1.82) is 0 Å². The minimum atomic E-state index is -0.615. The van der Waals surface area contributed by atoms with E-state index in [4.69, 9.17) is 18.9 Å². The number of aldehydes is 1.